The van der Waals surface area contributed by atoms with Crippen molar-refractivity contribution in [2.24, 2.45) is 0 Å². The Morgan fingerprint density at radius 2 is 1.95 bits per heavy atom. The van der Waals surface area contributed by atoms with Crippen molar-refractivity contribution in [3.63, 3.8) is 0 Å². The first-order valence-corrected chi connectivity index (χ1v) is 5.98. The van der Waals surface area contributed by atoms with Gasteiger partial charge in [-0.15, -0.1) is 23.8 Å². The van der Waals surface area contributed by atoms with Crippen LogP contribution in [0.15, 0.2) is 30.3 Å². The minimum atomic E-state index is -0.221. The second kappa shape index (κ2) is 4.68. The molecule has 1 N–H and O–H groups in total. The summed E-state index contributed by atoms with van der Waals surface area (Å²) in [5, 5.41) is 10.1. The van der Waals surface area contributed by atoms with E-state index in [4.69, 9.17) is 4.74 Å². The number of ether oxygens (including phenoxy) is 1. The predicted octanol–water partition coefficient (Wildman–Crippen LogP) is 3.50. The largest absolute Gasteiger partial charge is 0.527 e. The Kier molecular flexibility index (Phi) is 3.49. The van der Waals surface area contributed by atoms with Crippen molar-refractivity contribution in [1.82, 2.24) is 0 Å². The number of methoxy groups -OCH3 is 1. The number of fused-ring (bicyclic) bond motifs is 3. The molecule has 1 aliphatic carbocycles. The Hall–Kier alpha value is -1.27. The van der Waals surface area contributed by atoms with Crippen molar-refractivity contribution in [3.05, 3.63) is 47.5 Å². The smallest absolute Gasteiger partial charge is 0.117 e. The van der Waals surface area contributed by atoms with E-state index in [1.807, 2.05) is 18.2 Å². The number of phenolic OH excluding ortho intramolecular Hbond substituents is 1. The molecular formula is C16H15O2W-. The number of phenols is 1. The minimum absolute atomic E-state index is 0. The van der Waals surface area contributed by atoms with E-state index in [0.717, 1.165) is 22.4 Å². The molecule has 3 rings (SSSR count). The molecule has 0 saturated carbocycles. The van der Waals surface area contributed by atoms with E-state index < -0.39 is 0 Å². The Balaban J connectivity index is 0.00000133. The van der Waals surface area contributed by atoms with Gasteiger partial charge in [0.05, 0.1) is 7.11 Å². The van der Waals surface area contributed by atoms with Crippen LogP contribution in [0.5, 0.6) is 11.5 Å². The van der Waals surface area contributed by atoms with Crippen molar-refractivity contribution in [2.75, 3.05) is 7.11 Å². The summed E-state index contributed by atoms with van der Waals surface area (Å²) in [7, 11) is 1.67. The van der Waals surface area contributed by atoms with E-state index in [1.165, 1.54) is 5.56 Å². The van der Waals surface area contributed by atoms with Gasteiger partial charge in [-0.05, 0) is 17.5 Å². The number of hydrogen-bond donors (Lipinski definition) is 1. The Morgan fingerprint density at radius 1 is 1.21 bits per heavy atom. The van der Waals surface area contributed by atoms with E-state index in [2.05, 4.69) is 19.9 Å². The van der Waals surface area contributed by atoms with Gasteiger partial charge in [0.25, 0.3) is 0 Å². The molecule has 3 heteroatoms. The number of rotatable bonds is 1. The molecule has 0 spiro atoms. The third-order valence-electron chi connectivity index (χ3n) is 3.77. The van der Waals surface area contributed by atoms with Crippen LogP contribution in [0.2, 0.25) is 0 Å². The number of hydrogen-bond acceptors (Lipinski definition) is 2. The molecule has 98 valence electrons. The Morgan fingerprint density at radius 3 is 2.63 bits per heavy atom. The van der Waals surface area contributed by atoms with E-state index in [0.29, 0.717) is 5.75 Å². The Bertz CT molecular complexity index is 633. The van der Waals surface area contributed by atoms with Gasteiger partial charge in [0, 0.05) is 26.8 Å². The van der Waals surface area contributed by atoms with Gasteiger partial charge in [0.2, 0.25) is 0 Å². The summed E-state index contributed by atoms with van der Waals surface area (Å²) in [4.78, 5) is 0. The third-order valence-corrected chi connectivity index (χ3v) is 3.77. The summed E-state index contributed by atoms with van der Waals surface area (Å²) in [5.41, 5.74) is 4.04. The summed E-state index contributed by atoms with van der Waals surface area (Å²) in [6, 6.07) is 12.7. The summed E-state index contributed by atoms with van der Waals surface area (Å²) in [6.07, 6.45) is 0. The van der Waals surface area contributed by atoms with Gasteiger partial charge in [0.1, 0.15) is 5.75 Å². The monoisotopic (exact) mass is 423 g/mol. The fraction of sp³-hybridized carbons (Fsp3) is 0.250. The fourth-order valence-electron chi connectivity index (χ4n) is 2.85. The molecular weight excluding hydrogens is 408 g/mol. The summed E-state index contributed by atoms with van der Waals surface area (Å²) < 4.78 is 5.29. The maximum absolute atomic E-state index is 10.1. The maximum atomic E-state index is 10.1. The molecule has 0 unspecified atom stereocenters. The van der Waals surface area contributed by atoms with Crippen molar-refractivity contribution in [1.29, 1.82) is 0 Å². The molecule has 0 saturated heterocycles. The zero-order valence-electron chi connectivity index (χ0n) is 11.2. The number of aromatic hydroxyl groups is 1. The van der Waals surface area contributed by atoms with Gasteiger partial charge in [0.15, 0.2) is 0 Å². The molecule has 0 aliphatic heterocycles. The molecule has 2 nitrogen and oxygen atoms in total. The van der Waals surface area contributed by atoms with Gasteiger partial charge >= 0.3 is 0 Å². The Labute approximate surface area is 127 Å². The zero-order chi connectivity index (χ0) is 12.9. The van der Waals surface area contributed by atoms with Crippen LogP contribution >= 0.6 is 0 Å². The molecule has 0 fully saturated rings. The predicted molar refractivity (Wildman–Crippen MR) is 71.1 cm³/mol. The average Bonchev–Trinajstić information content (AvgIpc) is 2.59. The zero-order valence-corrected chi connectivity index (χ0v) is 14.1. The first-order chi connectivity index (χ1) is 8.55. The van der Waals surface area contributed by atoms with Crippen molar-refractivity contribution in [2.45, 2.75) is 19.3 Å². The van der Waals surface area contributed by atoms with E-state index in [9.17, 15) is 5.11 Å². The molecule has 0 aromatic heterocycles. The van der Waals surface area contributed by atoms with Crippen molar-refractivity contribution in [3.8, 4) is 22.6 Å². The summed E-state index contributed by atoms with van der Waals surface area (Å²) in [5.74, 6) is 1.18. The fourth-order valence-corrected chi connectivity index (χ4v) is 2.85. The van der Waals surface area contributed by atoms with Crippen LogP contribution < -0.4 is 4.74 Å². The summed E-state index contributed by atoms with van der Waals surface area (Å²) in [6.45, 7) is 4.23. The van der Waals surface area contributed by atoms with Crippen LogP contribution in [0.25, 0.3) is 11.1 Å². The SMILES string of the molecule is COc1ccc2c(c1)C(C)(C)c1c-2[c-]ccc1O.[W]. The van der Waals surface area contributed by atoms with Crippen LogP contribution in [-0.2, 0) is 26.5 Å². The van der Waals surface area contributed by atoms with Crippen LogP contribution in [0.3, 0.4) is 0 Å². The van der Waals surface area contributed by atoms with Crippen LogP contribution in [0.1, 0.15) is 25.0 Å². The molecule has 0 heterocycles. The standard InChI is InChI=1S/C16H15O2.W/c1-16(2)13-9-10(18-3)7-8-11(13)12-5-4-6-14(17)15(12)16;/h4,6-9,17H,1-3H3;/q-1;. The number of benzene rings is 2. The van der Waals surface area contributed by atoms with Crippen LogP contribution in [0, 0.1) is 6.07 Å². The van der Waals surface area contributed by atoms with Crippen LogP contribution in [0.4, 0.5) is 0 Å². The second-order valence-corrected chi connectivity index (χ2v) is 5.15. The van der Waals surface area contributed by atoms with Crippen molar-refractivity contribution >= 4 is 0 Å². The molecule has 19 heavy (non-hydrogen) atoms. The topological polar surface area (TPSA) is 29.5 Å². The first kappa shape index (κ1) is 14.1. The van der Waals surface area contributed by atoms with E-state index >= 15 is 0 Å². The molecule has 2 aromatic rings. The van der Waals surface area contributed by atoms with Gasteiger partial charge in [-0.2, -0.15) is 0 Å². The third kappa shape index (κ3) is 1.90. The summed E-state index contributed by atoms with van der Waals surface area (Å²) >= 11 is 0. The quantitative estimate of drug-likeness (QED) is 0.712. The first-order valence-electron chi connectivity index (χ1n) is 5.98. The second-order valence-electron chi connectivity index (χ2n) is 5.15. The minimum Gasteiger partial charge on any atom is -0.527 e. The average molecular weight is 423 g/mol. The van der Waals surface area contributed by atoms with E-state index in [-0.39, 0.29) is 26.5 Å². The molecule has 0 radical (unpaired) electrons. The van der Waals surface area contributed by atoms with Crippen LogP contribution in [-0.4, -0.2) is 12.2 Å². The molecule has 0 amide bonds. The van der Waals surface area contributed by atoms with Gasteiger partial charge < -0.3 is 9.84 Å². The molecule has 1 aliphatic rings. The maximum Gasteiger partial charge on any atom is 0.117 e. The van der Waals surface area contributed by atoms with Gasteiger partial charge in [-0.3, -0.25) is 0 Å². The van der Waals surface area contributed by atoms with Gasteiger partial charge in [-0.1, -0.05) is 36.6 Å². The van der Waals surface area contributed by atoms with E-state index in [1.54, 1.807) is 19.2 Å². The van der Waals surface area contributed by atoms with Gasteiger partial charge in [-0.25, -0.2) is 0 Å². The molecule has 2 aromatic carbocycles. The molecule has 0 atom stereocenters. The van der Waals surface area contributed by atoms with Crippen molar-refractivity contribution < 1.29 is 30.9 Å². The molecule has 0 bridgehead atoms. The normalized spacial score (nSPS) is 14.3.